The van der Waals surface area contributed by atoms with Gasteiger partial charge in [-0.15, -0.1) is 0 Å². The molecule has 0 bridgehead atoms. The van der Waals surface area contributed by atoms with Gasteiger partial charge in [0.25, 0.3) is 0 Å². The number of pyridine rings is 1. The fourth-order valence-electron chi connectivity index (χ4n) is 4.11. The normalized spacial score (nSPS) is 24.4. The van der Waals surface area contributed by atoms with Crippen molar-refractivity contribution in [2.24, 2.45) is 0 Å². The monoisotopic (exact) mass is 315 g/mol. The van der Waals surface area contributed by atoms with Crippen LogP contribution in [0.1, 0.15) is 51.4 Å². The van der Waals surface area contributed by atoms with Crippen LogP contribution in [0.3, 0.4) is 0 Å². The van der Waals surface area contributed by atoms with E-state index in [1.165, 1.54) is 64.5 Å². The summed E-state index contributed by atoms with van der Waals surface area (Å²) in [4.78, 5) is 9.93. The predicted octanol–water partition coefficient (Wildman–Crippen LogP) is 3.47. The lowest BCUT2D eigenvalue weighted by molar-refractivity contribution is 0.136. The molecule has 0 spiro atoms. The molecule has 0 amide bonds. The average Bonchev–Trinajstić information content (AvgIpc) is 2.90. The lowest BCUT2D eigenvalue weighted by Gasteiger charge is -2.36. The Bertz CT molecular complexity index is 511. The van der Waals surface area contributed by atoms with Crippen molar-refractivity contribution in [3.05, 3.63) is 18.2 Å². The fourth-order valence-corrected chi connectivity index (χ4v) is 4.11. The Hall–Kier alpha value is -1.29. The molecule has 2 saturated carbocycles. The van der Waals surface area contributed by atoms with E-state index in [2.05, 4.69) is 21.9 Å². The largest absolute Gasteiger partial charge is 0.474 e. The number of hydrogen-bond acceptors (Lipinski definition) is 4. The van der Waals surface area contributed by atoms with E-state index >= 15 is 0 Å². The van der Waals surface area contributed by atoms with E-state index in [4.69, 9.17) is 9.72 Å². The maximum Gasteiger partial charge on any atom is 0.215 e. The van der Waals surface area contributed by atoms with Gasteiger partial charge in [-0.25, -0.2) is 0 Å². The Morgan fingerprint density at radius 2 is 1.74 bits per heavy atom. The van der Waals surface area contributed by atoms with Crippen LogP contribution in [0.5, 0.6) is 5.88 Å². The molecule has 3 aliphatic rings. The van der Waals surface area contributed by atoms with Gasteiger partial charge in [-0.05, 0) is 51.0 Å². The molecule has 2 aliphatic carbocycles. The van der Waals surface area contributed by atoms with Crippen molar-refractivity contribution < 1.29 is 4.74 Å². The number of nitrogens with zero attached hydrogens (tertiary/aromatic N) is 3. The Morgan fingerprint density at radius 1 is 0.870 bits per heavy atom. The van der Waals surface area contributed by atoms with Crippen molar-refractivity contribution in [1.29, 1.82) is 0 Å². The first kappa shape index (κ1) is 15.3. The van der Waals surface area contributed by atoms with Gasteiger partial charge in [0.05, 0.1) is 0 Å². The maximum absolute atomic E-state index is 6.08. The van der Waals surface area contributed by atoms with E-state index < -0.39 is 0 Å². The standard InChI is InChI=1S/C19H29N3O/c1-2-9-17(8-1)23-19-11-4-10-18(20-19)22-13-5-12-21(14-15-22)16-6-3-7-16/h4,10-11,16-17H,1-3,5-9,12-15H2. The molecule has 4 nitrogen and oxygen atoms in total. The van der Waals surface area contributed by atoms with Crippen LogP contribution in [0.4, 0.5) is 5.82 Å². The van der Waals surface area contributed by atoms with E-state index in [0.717, 1.165) is 30.8 Å². The zero-order valence-electron chi connectivity index (χ0n) is 14.1. The van der Waals surface area contributed by atoms with Gasteiger partial charge in [-0.3, -0.25) is 4.90 Å². The van der Waals surface area contributed by atoms with Gasteiger partial charge < -0.3 is 9.64 Å². The van der Waals surface area contributed by atoms with Crippen LogP contribution >= 0.6 is 0 Å². The van der Waals surface area contributed by atoms with Crippen LogP contribution in [-0.2, 0) is 0 Å². The highest BCUT2D eigenvalue weighted by atomic mass is 16.5. The number of anilines is 1. The summed E-state index contributed by atoms with van der Waals surface area (Å²) in [5, 5.41) is 0. The second-order valence-corrected chi connectivity index (χ2v) is 7.32. The Labute approximate surface area is 139 Å². The minimum atomic E-state index is 0.385. The molecule has 0 radical (unpaired) electrons. The first-order valence-electron chi connectivity index (χ1n) is 9.51. The van der Waals surface area contributed by atoms with Crippen molar-refractivity contribution in [3.63, 3.8) is 0 Å². The molecule has 4 heteroatoms. The van der Waals surface area contributed by atoms with Crippen molar-refractivity contribution in [3.8, 4) is 5.88 Å². The lowest BCUT2D eigenvalue weighted by Crippen LogP contribution is -2.42. The molecule has 0 N–H and O–H groups in total. The predicted molar refractivity (Wildman–Crippen MR) is 93.2 cm³/mol. The second-order valence-electron chi connectivity index (χ2n) is 7.32. The van der Waals surface area contributed by atoms with Crippen LogP contribution < -0.4 is 9.64 Å². The van der Waals surface area contributed by atoms with E-state index in [9.17, 15) is 0 Å². The summed E-state index contributed by atoms with van der Waals surface area (Å²) in [7, 11) is 0. The molecule has 1 aromatic rings. The lowest BCUT2D eigenvalue weighted by atomic mass is 9.91. The van der Waals surface area contributed by atoms with E-state index in [0.29, 0.717) is 6.10 Å². The van der Waals surface area contributed by atoms with Crippen LogP contribution in [0, 0.1) is 0 Å². The zero-order chi connectivity index (χ0) is 15.5. The van der Waals surface area contributed by atoms with Gasteiger partial charge in [0.15, 0.2) is 0 Å². The van der Waals surface area contributed by atoms with Gasteiger partial charge in [-0.2, -0.15) is 4.98 Å². The molecule has 0 aromatic carbocycles. The summed E-state index contributed by atoms with van der Waals surface area (Å²) < 4.78 is 6.08. The highest BCUT2D eigenvalue weighted by molar-refractivity contribution is 5.41. The summed E-state index contributed by atoms with van der Waals surface area (Å²) in [5.41, 5.74) is 0. The van der Waals surface area contributed by atoms with Gasteiger partial charge >= 0.3 is 0 Å². The summed E-state index contributed by atoms with van der Waals surface area (Å²) in [5.74, 6) is 1.91. The fraction of sp³-hybridized carbons (Fsp3) is 0.737. The number of ether oxygens (including phenoxy) is 1. The third-order valence-electron chi connectivity index (χ3n) is 5.74. The molecular weight excluding hydrogens is 286 g/mol. The molecule has 2 heterocycles. The Morgan fingerprint density at radius 3 is 2.52 bits per heavy atom. The van der Waals surface area contributed by atoms with Gasteiger partial charge in [0.2, 0.25) is 5.88 Å². The number of aromatic nitrogens is 1. The average molecular weight is 315 g/mol. The third-order valence-corrected chi connectivity index (χ3v) is 5.74. The highest BCUT2D eigenvalue weighted by Gasteiger charge is 2.27. The maximum atomic E-state index is 6.08. The van der Waals surface area contributed by atoms with Gasteiger partial charge in [-0.1, -0.05) is 12.5 Å². The minimum absolute atomic E-state index is 0.385. The first-order chi connectivity index (χ1) is 11.4. The summed E-state index contributed by atoms with van der Waals surface area (Å²) in [6, 6.07) is 7.11. The van der Waals surface area contributed by atoms with Gasteiger partial charge in [0, 0.05) is 38.3 Å². The molecule has 1 aromatic heterocycles. The topological polar surface area (TPSA) is 28.6 Å². The molecule has 126 valence electrons. The smallest absolute Gasteiger partial charge is 0.215 e. The molecular formula is C19H29N3O. The SMILES string of the molecule is c1cc(OC2CCCC2)nc(N2CCCN(C3CCC3)CC2)c1. The first-order valence-corrected chi connectivity index (χ1v) is 9.51. The van der Waals surface area contributed by atoms with E-state index in [-0.39, 0.29) is 0 Å². The highest BCUT2D eigenvalue weighted by Crippen LogP contribution is 2.27. The molecule has 1 aliphatic heterocycles. The van der Waals surface area contributed by atoms with Crippen molar-refractivity contribution in [2.75, 3.05) is 31.1 Å². The number of hydrogen-bond donors (Lipinski definition) is 0. The zero-order valence-corrected chi connectivity index (χ0v) is 14.1. The molecule has 1 saturated heterocycles. The molecule has 4 rings (SSSR count). The van der Waals surface area contributed by atoms with Crippen LogP contribution in [0.15, 0.2) is 18.2 Å². The van der Waals surface area contributed by atoms with Crippen LogP contribution in [0.25, 0.3) is 0 Å². The molecule has 23 heavy (non-hydrogen) atoms. The van der Waals surface area contributed by atoms with Crippen molar-refractivity contribution >= 4 is 5.82 Å². The van der Waals surface area contributed by atoms with Crippen molar-refractivity contribution in [2.45, 2.75) is 63.5 Å². The summed E-state index contributed by atoms with van der Waals surface area (Å²) in [6.07, 6.45) is 10.8. The molecule has 3 fully saturated rings. The quantitative estimate of drug-likeness (QED) is 0.850. The van der Waals surface area contributed by atoms with Gasteiger partial charge in [0.1, 0.15) is 11.9 Å². The van der Waals surface area contributed by atoms with E-state index in [1.807, 2.05) is 6.07 Å². The minimum Gasteiger partial charge on any atom is -0.474 e. The van der Waals surface area contributed by atoms with Crippen molar-refractivity contribution in [1.82, 2.24) is 9.88 Å². The van der Waals surface area contributed by atoms with E-state index in [1.54, 1.807) is 0 Å². The Balaban J connectivity index is 1.38. The summed E-state index contributed by atoms with van der Waals surface area (Å²) in [6.45, 7) is 4.64. The Kier molecular flexibility index (Phi) is 4.69. The molecule has 0 atom stereocenters. The summed E-state index contributed by atoms with van der Waals surface area (Å²) >= 11 is 0. The third kappa shape index (κ3) is 3.63. The number of rotatable bonds is 4. The second kappa shape index (κ2) is 7.08. The molecule has 0 unspecified atom stereocenters. The van der Waals surface area contributed by atoms with Crippen LogP contribution in [-0.4, -0.2) is 48.2 Å². The van der Waals surface area contributed by atoms with Crippen LogP contribution in [0.2, 0.25) is 0 Å².